The van der Waals surface area contributed by atoms with Gasteiger partial charge in [-0.05, 0) is 58.0 Å². The molecular weight excluding hydrogens is 522 g/mol. The van der Waals surface area contributed by atoms with Crippen LogP contribution in [0.15, 0.2) is 17.5 Å². The Morgan fingerprint density at radius 2 is 1.43 bits per heavy atom. The number of guanidine groups is 1. The van der Waals surface area contributed by atoms with Gasteiger partial charge in [-0.2, -0.15) is 0 Å². The average Bonchev–Trinajstić information content (AvgIpc) is 3.42. The first kappa shape index (κ1) is 34.3. The third-order valence-corrected chi connectivity index (χ3v) is 6.06. The second-order valence-corrected chi connectivity index (χ2v) is 9.43. The molecule has 40 heavy (non-hydrogen) atoms. The van der Waals surface area contributed by atoms with E-state index in [2.05, 4.69) is 30.9 Å². The van der Waals surface area contributed by atoms with Crippen molar-refractivity contribution < 1.29 is 24.3 Å². The molecule has 1 rings (SSSR count). The molecule has 0 aliphatic carbocycles. The number of rotatable bonds is 21. The Labute approximate surface area is 233 Å². The van der Waals surface area contributed by atoms with E-state index in [-0.39, 0.29) is 31.8 Å². The van der Waals surface area contributed by atoms with Crippen molar-refractivity contribution in [2.45, 2.75) is 82.0 Å². The molecule has 0 aliphatic rings. The van der Waals surface area contributed by atoms with Gasteiger partial charge in [-0.25, -0.2) is 9.78 Å². The van der Waals surface area contributed by atoms with E-state index < -0.39 is 47.9 Å². The zero-order chi connectivity index (χ0) is 29.9. The number of imidazole rings is 1. The highest BCUT2D eigenvalue weighted by Crippen LogP contribution is 2.07. The second kappa shape index (κ2) is 19.3. The number of aromatic nitrogens is 2. The molecule has 0 saturated carbocycles. The quantitative estimate of drug-likeness (QED) is 0.0409. The first-order chi connectivity index (χ1) is 19.1. The van der Waals surface area contributed by atoms with Crippen molar-refractivity contribution in [1.82, 2.24) is 25.9 Å². The van der Waals surface area contributed by atoms with Gasteiger partial charge in [0.2, 0.25) is 17.7 Å². The number of carbonyl (C=O) groups excluding carboxylic acids is 3. The highest BCUT2D eigenvalue weighted by molar-refractivity contribution is 5.94. The van der Waals surface area contributed by atoms with Crippen molar-refractivity contribution >= 4 is 29.7 Å². The lowest BCUT2D eigenvalue weighted by Crippen LogP contribution is -2.57. The number of carboxylic acids is 1. The average molecular weight is 568 g/mol. The van der Waals surface area contributed by atoms with Crippen molar-refractivity contribution in [3.8, 4) is 0 Å². The van der Waals surface area contributed by atoms with Crippen molar-refractivity contribution in [1.29, 1.82) is 0 Å². The molecule has 3 amide bonds. The number of nitrogens with two attached hydrogens (primary N) is 5. The number of nitrogens with zero attached hydrogens (tertiary/aromatic N) is 2. The minimum Gasteiger partial charge on any atom is -0.480 e. The molecule has 0 aliphatic heterocycles. The highest BCUT2D eigenvalue weighted by Gasteiger charge is 2.30. The molecule has 0 fully saturated rings. The van der Waals surface area contributed by atoms with Crippen LogP contribution in [0.2, 0.25) is 0 Å². The maximum atomic E-state index is 13.4. The molecule has 0 bridgehead atoms. The van der Waals surface area contributed by atoms with Crippen LogP contribution in [-0.4, -0.2) is 88.5 Å². The summed E-state index contributed by atoms with van der Waals surface area (Å²) >= 11 is 0. The zero-order valence-corrected chi connectivity index (χ0v) is 22.8. The van der Waals surface area contributed by atoms with Gasteiger partial charge in [-0.3, -0.25) is 19.4 Å². The summed E-state index contributed by atoms with van der Waals surface area (Å²) in [5.41, 5.74) is 28.2. The van der Waals surface area contributed by atoms with E-state index in [1.165, 1.54) is 12.5 Å². The first-order valence-electron chi connectivity index (χ1n) is 13.4. The van der Waals surface area contributed by atoms with Crippen LogP contribution in [0.5, 0.6) is 0 Å². The SMILES string of the molecule is NCCCCC(N)C(=O)NC(Cc1cnc[nH]1)C(=O)NC(CCCCN)C(=O)NC(CCCN=C(N)N)C(=O)O. The molecule has 1 aromatic rings. The molecule has 4 unspecified atom stereocenters. The molecule has 16 nitrogen and oxygen atoms in total. The van der Waals surface area contributed by atoms with E-state index >= 15 is 0 Å². The molecule has 0 saturated heterocycles. The lowest BCUT2D eigenvalue weighted by atomic mass is 10.0. The molecule has 0 aromatic carbocycles. The summed E-state index contributed by atoms with van der Waals surface area (Å²) in [7, 11) is 0. The lowest BCUT2D eigenvalue weighted by Gasteiger charge is -2.25. The van der Waals surface area contributed by atoms with Gasteiger partial charge in [0, 0.05) is 24.9 Å². The third-order valence-electron chi connectivity index (χ3n) is 6.06. The highest BCUT2D eigenvalue weighted by atomic mass is 16.4. The topological polar surface area (TPSA) is 296 Å². The monoisotopic (exact) mass is 567 g/mol. The normalized spacial score (nSPS) is 13.9. The minimum atomic E-state index is -1.24. The first-order valence-corrected chi connectivity index (χ1v) is 13.4. The number of hydrogen-bond acceptors (Lipinski definition) is 9. The van der Waals surface area contributed by atoms with Gasteiger partial charge in [0.25, 0.3) is 0 Å². The van der Waals surface area contributed by atoms with Crippen LogP contribution in [0.25, 0.3) is 0 Å². The summed E-state index contributed by atoms with van der Waals surface area (Å²) in [4.78, 5) is 61.6. The molecule has 16 heteroatoms. The van der Waals surface area contributed by atoms with Gasteiger partial charge >= 0.3 is 5.97 Å². The number of aromatic amines is 1. The van der Waals surface area contributed by atoms with Crippen LogP contribution in [-0.2, 0) is 25.6 Å². The molecule has 0 radical (unpaired) electrons. The van der Waals surface area contributed by atoms with Crippen molar-refractivity contribution in [2.75, 3.05) is 19.6 Å². The Balaban J connectivity index is 2.99. The number of aliphatic imine (C=N–C) groups is 1. The van der Waals surface area contributed by atoms with Crippen LogP contribution in [0.1, 0.15) is 57.1 Å². The number of hydrogen-bond donors (Lipinski definition) is 10. The summed E-state index contributed by atoms with van der Waals surface area (Å²) in [6.45, 7) is 1.05. The minimum absolute atomic E-state index is 0.0623. The van der Waals surface area contributed by atoms with Gasteiger partial charge < -0.3 is 54.7 Å². The van der Waals surface area contributed by atoms with Gasteiger partial charge in [0.05, 0.1) is 12.4 Å². The van der Waals surface area contributed by atoms with E-state index in [1.807, 2.05) is 0 Å². The molecule has 1 aromatic heterocycles. The molecule has 15 N–H and O–H groups in total. The number of unbranched alkanes of at least 4 members (excludes halogenated alkanes) is 2. The predicted molar refractivity (Wildman–Crippen MR) is 149 cm³/mol. The Morgan fingerprint density at radius 3 is 2.00 bits per heavy atom. The summed E-state index contributed by atoms with van der Waals surface area (Å²) < 4.78 is 0. The molecule has 4 atom stereocenters. The van der Waals surface area contributed by atoms with Crippen LogP contribution >= 0.6 is 0 Å². The standard InChI is InChI=1S/C24H45N11O5/c25-9-3-1-6-16(27)20(36)35-19(12-15-13-30-14-32-15)22(38)33-17(7-2-4-10-26)21(37)34-18(23(39)40)8-5-11-31-24(28)29/h13-14,16-19H,1-12,25-27H2,(H,30,32)(H,33,38)(H,34,37)(H,35,36)(H,39,40)(H4,28,29,31). The largest absolute Gasteiger partial charge is 0.480 e. The number of carboxylic acid groups (broad SMARTS) is 1. The Morgan fingerprint density at radius 1 is 0.850 bits per heavy atom. The van der Waals surface area contributed by atoms with Crippen molar-refractivity contribution in [3.05, 3.63) is 18.2 Å². The Bertz CT molecular complexity index is 938. The van der Waals surface area contributed by atoms with Gasteiger partial charge in [0.1, 0.15) is 18.1 Å². The maximum Gasteiger partial charge on any atom is 0.326 e. The summed E-state index contributed by atoms with van der Waals surface area (Å²) in [5, 5.41) is 17.4. The lowest BCUT2D eigenvalue weighted by molar-refractivity contribution is -0.142. The van der Waals surface area contributed by atoms with Crippen LogP contribution in [0, 0.1) is 0 Å². The Hall–Kier alpha value is -3.76. The van der Waals surface area contributed by atoms with Gasteiger partial charge in [0.15, 0.2) is 5.96 Å². The fraction of sp³-hybridized carbons (Fsp3) is 0.667. The Kier molecular flexibility index (Phi) is 16.6. The van der Waals surface area contributed by atoms with Crippen molar-refractivity contribution in [2.24, 2.45) is 33.7 Å². The molecular formula is C24H45N11O5. The van der Waals surface area contributed by atoms with Gasteiger partial charge in [-0.1, -0.05) is 6.42 Å². The fourth-order valence-electron chi connectivity index (χ4n) is 3.81. The summed E-state index contributed by atoms with van der Waals surface area (Å²) in [6, 6.07) is -4.21. The predicted octanol–water partition coefficient (Wildman–Crippen LogP) is -2.87. The number of H-pyrrole nitrogens is 1. The van der Waals surface area contributed by atoms with E-state index in [0.29, 0.717) is 57.3 Å². The number of nitrogens with one attached hydrogen (secondary N) is 4. The summed E-state index contributed by atoms with van der Waals surface area (Å²) in [5.74, 6) is -3.19. The zero-order valence-electron chi connectivity index (χ0n) is 22.8. The molecule has 0 spiro atoms. The smallest absolute Gasteiger partial charge is 0.326 e. The maximum absolute atomic E-state index is 13.4. The third kappa shape index (κ3) is 13.9. The van der Waals surface area contributed by atoms with E-state index in [0.717, 1.165) is 0 Å². The number of amides is 3. The van der Waals surface area contributed by atoms with Crippen LogP contribution in [0.4, 0.5) is 0 Å². The summed E-state index contributed by atoms with van der Waals surface area (Å²) in [6.07, 6.45) is 6.45. The number of aliphatic carboxylic acids is 1. The van der Waals surface area contributed by atoms with Crippen LogP contribution < -0.4 is 44.6 Å². The molecule has 1 heterocycles. The van der Waals surface area contributed by atoms with Gasteiger partial charge in [-0.15, -0.1) is 0 Å². The second-order valence-electron chi connectivity index (χ2n) is 9.43. The fourth-order valence-corrected chi connectivity index (χ4v) is 3.81. The van der Waals surface area contributed by atoms with E-state index in [1.54, 1.807) is 0 Å². The van der Waals surface area contributed by atoms with E-state index in [9.17, 15) is 24.3 Å². The van der Waals surface area contributed by atoms with E-state index in [4.69, 9.17) is 28.7 Å². The van der Waals surface area contributed by atoms with Crippen LogP contribution in [0.3, 0.4) is 0 Å². The molecule has 226 valence electrons. The van der Waals surface area contributed by atoms with Crippen molar-refractivity contribution in [3.63, 3.8) is 0 Å². The number of carbonyl (C=O) groups is 4.